The molecular formula is C14H21N3O. The Balaban J connectivity index is 1.96. The maximum absolute atomic E-state index is 10.9. The number of carbonyl (C=O) groups is 1. The van der Waals surface area contributed by atoms with Crippen molar-refractivity contribution < 1.29 is 4.79 Å². The lowest BCUT2D eigenvalue weighted by Crippen LogP contribution is -2.36. The quantitative estimate of drug-likeness (QED) is 0.852. The number of amides is 1. The summed E-state index contributed by atoms with van der Waals surface area (Å²) in [4.78, 5) is 13.3. The van der Waals surface area contributed by atoms with E-state index in [0.717, 1.165) is 25.2 Å². The lowest BCUT2D eigenvalue weighted by atomic mass is 10.1. The third-order valence-electron chi connectivity index (χ3n) is 3.61. The van der Waals surface area contributed by atoms with Crippen LogP contribution in [0.2, 0.25) is 0 Å². The molecule has 1 saturated heterocycles. The van der Waals surface area contributed by atoms with Gasteiger partial charge in [-0.1, -0.05) is 12.1 Å². The molecule has 0 aromatic heterocycles. The fourth-order valence-electron chi connectivity index (χ4n) is 2.38. The smallest absolute Gasteiger partial charge is 0.221 e. The molecular weight excluding hydrogens is 226 g/mol. The van der Waals surface area contributed by atoms with Gasteiger partial charge in [0.1, 0.15) is 0 Å². The summed E-state index contributed by atoms with van der Waals surface area (Å²) in [6.07, 6.45) is 1.07. The molecule has 4 heteroatoms. The average Bonchev–Trinajstić information content (AvgIpc) is 2.63. The van der Waals surface area contributed by atoms with Crippen molar-refractivity contribution in [1.29, 1.82) is 0 Å². The van der Waals surface area contributed by atoms with Gasteiger partial charge in [0.2, 0.25) is 5.91 Å². The summed E-state index contributed by atoms with van der Waals surface area (Å²) in [5, 5.41) is 2.77. The molecule has 0 radical (unpaired) electrons. The second kappa shape index (κ2) is 5.50. The maximum Gasteiger partial charge on any atom is 0.221 e. The van der Waals surface area contributed by atoms with Gasteiger partial charge in [-0.25, -0.2) is 0 Å². The minimum absolute atomic E-state index is 0.0399. The Morgan fingerprint density at radius 1 is 1.44 bits per heavy atom. The van der Waals surface area contributed by atoms with Gasteiger partial charge in [-0.3, -0.25) is 9.69 Å². The second-order valence-corrected chi connectivity index (χ2v) is 5.04. The number of carbonyl (C=O) groups excluding carboxylic acids is 1. The topological polar surface area (TPSA) is 58.4 Å². The minimum atomic E-state index is -0.0399. The summed E-state index contributed by atoms with van der Waals surface area (Å²) < 4.78 is 0. The van der Waals surface area contributed by atoms with E-state index < -0.39 is 0 Å². The molecule has 0 aliphatic carbocycles. The first-order chi connectivity index (χ1) is 8.56. The van der Waals surface area contributed by atoms with E-state index in [1.54, 1.807) is 0 Å². The van der Waals surface area contributed by atoms with Crippen molar-refractivity contribution in [2.24, 2.45) is 5.73 Å². The van der Waals surface area contributed by atoms with Crippen LogP contribution in [0.1, 0.15) is 25.8 Å². The van der Waals surface area contributed by atoms with Crippen LogP contribution in [0.5, 0.6) is 0 Å². The first-order valence-electron chi connectivity index (χ1n) is 6.42. The van der Waals surface area contributed by atoms with Gasteiger partial charge >= 0.3 is 0 Å². The number of nitrogens with one attached hydrogen (secondary N) is 1. The third-order valence-corrected chi connectivity index (χ3v) is 3.61. The van der Waals surface area contributed by atoms with E-state index in [1.807, 2.05) is 12.1 Å². The Morgan fingerprint density at radius 2 is 2.11 bits per heavy atom. The average molecular weight is 247 g/mol. The van der Waals surface area contributed by atoms with Crippen molar-refractivity contribution in [3.05, 3.63) is 29.8 Å². The largest absolute Gasteiger partial charge is 0.326 e. The summed E-state index contributed by atoms with van der Waals surface area (Å²) in [6, 6.07) is 8.74. The van der Waals surface area contributed by atoms with Crippen molar-refractivity contribution in [2.75, 3.05) is 11.9 Å². The molecule has 1 heterocycles. The molecule has 1 aliphatic heterocycles. The molecule has 2 atom stereocenters. The van der Waals surface area contributed by atoms with Crippen molar-refractivity contribution >= 4 is 11.6 Å². The summed E-state index contributed by atoms with van der Waals surface area (Å²) >= 11 is 0. The van der Waals surface area contributed by atoms with Crippen LogP contribution in [0.25, 0.3) is 0 Å². The molecule has 18 heavy (non-hydrogen) atoms. The molecule has 3 N–H and O–H groups in total. The number of benzene rings is 1. The van der Waals surface area contributed by atoms with Crippen molar-refractivity contribution in [1.82, 2.24) is 4.90 Å². The Labute approximate surface area is 108 Å². The summed E-state index contributed by atoms with van der Waals surface area (Å²) in [6.45, 7) is 5.69. The molecule has 4 nitrogen and oxygen atoms in total. The highest BCUT2D eigenvalue weighted by Gasteiger charge is 2.27. The van der Waals surface area contributed by atoms with Gasteiger partial charge in [-0.2, -0.15) is 0 Å². The molecule has 1 amide bonds. The highest BCUT2D eigenvalue weighted by atomic mass is 16.1. The zero-order valence-corrected chi connectivity index (χ0v) is 11.0. The number of nitrogens with two attached hydrogens (primary N) is 1. The van der Waals surface area contributed by atoms with E-state index >= 15 is 0 Å². The van der Waals surface area contributed by atoms with Crippen LogP contribution in [0, 0.1) is 0 Å². The summed E-state index contributed by atoms with van der Waals surface area (Å²) in [5.74, 6) is -0.0399. The Kier molecular flexibility index (Phi) is 3.99. The highest BCUT2D eigenvalue weighted by Crippen LogP contribution is 2.19. The minimum Gasteiger partial charge on any atom is -0.326 e. The van der Waals surface area contributed by atoms with Gasteiger partial charge in [-0.15, -0.1) is 0 Å². The lowest BCUT2D eigenvalue weighted by Gasteiger charge is -2.23. The first kappa shape index (κ1) is 13.1. The van der Waals surface area contributed by atoms with E-state index in [4.69, 9.17) is 5.73 Å². The number of rotatable bonds is 3. The predicted molar refractivity (Wildman–Crippen MR) is 73.2 cm³/mol. The number of hydrogen-bond donors (Lipinski definition) is 2. The molecule has 98 valence electrons. The monoisotopic (exact) mass is 247 g/mol. The Hall–Kier alpha value is -1.39. The van der Waals surface area contributed by atoms with E-state index in [9.17, 15) is 4.79 Å². The fourth-order valence-corrected chi connectivity index (χ4v) is 2.38. The van der Waals surface area contributed by atoms with Gasteiger partial charge in [0.05, 0.1) is 0 Å². The van der Waals surface area contributed by atoms with Crippen LogP contribution in [0.4, 0.5) is 5.69 Å². The maximum atomic E-state index is 10.9. The van der Waals surface area contributed by atoms with E-state index in [-0.39, 0.29) is 5.91 Å². The van der Waals surface area contributed by atoms with Crippen LogP contribution < -0.4 is 11.1 Å². The van der Waals surface area contributed by atoms with Crippen LogP contribution in [0.3, 0.4) is 0 Å². The number of likely N-dealkylation sites (tertiary alicyclic amines) is 1. The third kappa shape index (κ3) is 3.09. The van der Waals surface area contributed by atoms with Crippen molar-refractivity contribution in [3.63, 3.8) is 0 Å². The molecule has 1 aromatic rings. The van der Waals surface area contributed by atoms with Gasteiger partial charge < -0.3 is 11.1 Å². The van der Waals surface area contributed by atoms with E-state index in [0.29, 0.717) is 12.1 Å². The zero-order valence-electron chi connectivity index (χ0n) is 11.0. The van der Waals surface area contributed by atoms with Crippen molar-refractivity contribution in [3.8, 4) is 0 Å². The van der Waals surface area contributed by atoms with E-state index in [2.05, 4.69) is 29.3 Å². The molecule has 1 aromatic carbocycles. The predicted octanol–water partition coefficient (Wildman–Crippen LogP) is 1.57. The van der Waals surface area contributed by atoms with Crippen LogP contribution >= 0.6 is 0 Å². The number of hydrogen-bond acceptors (Lipinski definition) is 3. The highest BCUT2D eigenvalue weighted by molar-refractivity contribution is 5.88. The molecule has 1 fully saturated rings. The first-order valence-corrected chi connectivity index (χ1v) is 6.42. The number of anilines is 1. The van der Waals surface area contributed by atoms with Crippen LogP contribution in [0.15, 0.2) is 24.3 Å². The van der Waals surface area contributed by atoms with Gasteiger partial charge in [-0.05, 0) is 31.0 Å². The van der Waals surface area contributed by atoms with Crippen molar-refractivity contribution in [2.45, 2.75) is 38.9 Å². The normalized spacial score (nSPS) is 24.2. The van der Waals surface area contributed by atoms with Crippen LogP contribution in [-0.2, 0) is 11.3 Å². The summed E-state index contributed by atoms with van der Waals surface area (Å²) in [7, 11) is 0. The lowest BCUT2D eigenvalue weighted by molar-refractivity contribution is -0.114. The SMILES string of the molecule is CC(=O)Nc1ccc(CN2CCC(N)C2C)cc1. The van der Waals surface area contributed by atoms with Gasteiger partial charge in [0, 0.05) is 37.8 Å². The standard InChI is InChI=1S/C14H21N3O/c1-10-14(15)7-8-17(10)9-12-3-5-13(6-4-12)16-11(2)18/h3-6,10,14H,7-9,15H2,1-2H3,(H,16,18). The van der Waals surface area contributed by atoms with Gasteiger partial charge in [0.15, 0.2) is 0 Å². The molecule has 2 rings (SSSR count). The van der Waals surface area contributed by atoms with Crippen LogP contribution in [-0.4, -0.2) is 29.4 Å². The second-order valence-electron chi connectivity index (χ2n) is 5.04. The molecule has 0 spiro atoms. The Morgan fingerprint density at radius 3 is 2.61 bits per heavy atom. The zero-order chi connectivity index (χ0) is 13.1. The van der Waals surface area contributed by atoms with E-state index in [1.165, 1.54) is 12.5 Å². The Bertz CT molecular complexity index is 416. The fraction of sp³-hybridized carbons (Fsp3) is 0.500. The molecule has 0 saturated carbocycles. The molecule has 0 bridgehead atoms. The summed E-state index contributed by atoms with van der Waals surface area (Å²) in [5.41, 5.74) is 8.11. The number of nitrogens with zero attached hydrogens (tertiary/aromatic N) is 1. The van der Waals surface area contributed by atoms with Gasteiger partial charge in [0.25, 0.3) is 0 Å². The molecule has 1 aliphatic rings. The molecule has 2 unspecified atom stereocenters.